The molecule has 2 aromatic rings. The van der Waals surface area contributed by atoms with E-state index in [0.717, 1.165) is 17.7 Å². The highest BCUT2D eigenvalue weighted by Gasteiger charge is 2.13. The van der Waals surface area contributed by atoms with Crippen LogP contribution in [0.15, 0.2) is 48.5 Å². The molecule has 0 spiro atoms. The van der Waals surface area contributed by atoms with E-state index >= 15 is 0 Å². The number of carboxylic acid groups (broad SMARTS) is 1. The summed E-state index contributed by atoms with van der Waals surface area (Å²) in [5.41, 5.74) is 2.45. The molecule has 1 amide bonds. The van der Waals surface area contributed by atoms with Crippen LogP contribution in [-0.2, 0) is 17.6 Å². The lowest BCUT2D eigenvalue weighted by Crippen LogP contribution is -2.31. The summed E-state index contributed by atoms with van der Waals surface area (Å²) < 4.78 is 5.17. The first-order valence-corrected chi connectivity index (χ1v) is 9.08. The summed E-state index contributed by atoms with van der Waals surface area (Å²) >= 11 is 0. The first kappa shape index (κ1) is 20.5. The molecule has 1 unspecified atom stereocenters. The van der Waals surface area contributed by atoms with E-state index in [0.29, 0.717) is 25.3 Å². The molecule has 0 fully saturated rings. The van der Waals surface area contributed by atoms with Gasteiger partial charge in [0.25, 0.3) is 0 Å². The van der Waals surface area contributed by atoms with Crippen LogP contribution in [-0.4, -0.2) is 42.6 Å². The average Bonchev–Trinajstić information content (AvgIpc) is 2.66. The topological polar surface area (TPSA) is 66.8 Å². The minimum absolute atomic E-state index is 0.0962. The highest BCUT2D eigenvalue weighted by atomic mass is 16.5. The zero-order valence-electron chi connectivity index (χ0n) is 16.1. The lowest BCUT2D eigenvalue weighted by Gasteiger charge is -2.22. The van der Waals surface area contributed by atoms with Crippen molar-refractivity contribution in [1.29, 1.82) is 0 Å². The second-order valence-corrected chi connectivity index (χ2v) is 6.93. The summed E-state index contributed by atoms with van der Waals surface area (Å²) in [7, 11) is 3.49. The van der Waals surface area contributed by atoms with Gasteiger partial charge in [0.15, 0.2) is 0 Å². The third kappa shape index (κ3) is 6.44. The molecule has 0 heterocycles. The summed E-state index contributed by atoms with van der Waals surface area (Å²) in [5.74, 6) is 0.347. The fraction of sp³-hybridized carbons (Fsp3) is 0.364. The average molecular weight is 369 g/mol. The van der Waals surface area contributed by atoms with E-state index in [4.69, 9.17) is 9.84 Å². The van der Waals surface area contributed by atoms with Crippen molar-refractivity contribution < 1.29 is 19.4 Å². The standard InChI is InChI=1S/C22H27NO4/c1-16(14-18-6-11-20(27-3)12-7-18)15-23(2)21(24)13-8-17-4-9-19(10-5-17)22(25)26/h4-7,9-12,16H,8,13-15H2,1-3H3,(H,25,26). The highest BCUT2D eigenvalue weighted by Crippen LogP contribution is 2.15. The number of rotatable bonds is 9. The number of carbonyl (C=O) groups excluding carboxylic acids is 1. The predicted molar refractivity (Wildman–Crippen MR) is 105 cm³/mol. The largest absolute Gasteiger partial charge is 0.497 e. The first-order valence-electron chi connectivity index (χ1n) is 9.08. The monoisotopic (exact) mass is 369 g/mol. The van der Waals surface area contributed by atoms with Gasteiger partial charge in [-0.3, -0.25) is 4.79 Å². The molecule has 0 bridgehead atoms. The minimum Gasteiger partial charge on any atom is -0.497 e. The highest BCUT2D eigenvalue weighted by molar-refractivity contribution is 5.87. The van der Waals surface area contributed by atoms with Crippen molar-refractivity contribution in [3.63, 3.8) is 0 Å². The Hall–Kier alpha value is -2.82. The summed E-state index contributed by atoms with van der Waals surface area (Å²) in [6.45, 7) is 2.83. The second kappa shape index (κ2) is 9.76. The molecule has 2 aromatic carbocycles. The van der Waals surface area contributed by atoms with Crippen molar-refractivity contribution in [3.05, 3.63) is 65.2 Å². The lowest BCUT2D eigenvalue weighted by molar-refractivity contribution is -0.130. The number of hydrogen-bond acceptors (Lipinski definition) is 3. The molecule has 5 heteroatoms. The molecule has 0 saturated carbocycles. The fourth-order valence-electron chi connectivity index (χ4n) is 3.05. The van der Waals surface area contributed by atoms with E-state index in [1.54, 1.807) is 36.3 Å². The molecule has 5 nitrogen and oxygen atoms in total. The molecule has 27 heavy (non-hydrogen) atoms. The third-order valence-corrected chi connectivity index (χ3v) is 4.58. The van der Waals surface area contributed by atoms with Crippen molar-refractivity contribution in [2.45, 2.75) is 26.2 Å². The normalized spacial score (nSPS) is 11.7. The van der Waals surface area contributed by atoms with E-state index < -0.39 is 5.97 Å². The van der Waals surface area contributed by atoms with Crippen LogP contribution < -0.4 is 4.74 Å². The summed E-state index contributed by atoms with van der Waals surface area (Å²) in [6.07, 6.45) is 1.92. The van der Waals surface area contributed by atoms with Gasteiger partial charge in [-0.15, -0.1) is 0 Å². The van der Waals surface area contributed by atoms with Gasteiger partial charge < -0.3 is 14.7 Å². The van der Waals surface area contributed by atoms with Crippen LogP contribution in [0.25, 0.3) is 0 Å². The van der Waals surface area contributed by atoms with Crippen LogP contribution in [0.2, 0.25) is 0 Å². The number of hydrogen-bond donors (Lipinski definition) is 1. The minimum atomic E-state index is -0.941. The fourth-order valence-corrected chi connectivity index (χ4v) is 3.05. The van der Waals surface area contributed by atoms with Crippen LogP contribution in [0.3, 0.4) is 0 Å². The number of carboxylic acids is 1. The van der Waals surface area contributed by atoms with Crippen molar-refractivity contribution >= 4 is 11.9 Å². The van der Waals surface area contributed by atoms with Gasteiger partial charge >= 0.3 is 5.97 Å². The number of nitrogens with zero attached hydrogens (tertiary/aromatic N) is 1. The van der Waals surface area contributed by atoms with Gasteiger partial charge in [0.2, 0.25) is 5.91 Å². The van der Waals surface area contributed by atoms with Gasteiger partial charge in [0.1, 0.15) is 5.75 Å². The maximum atomic E-state index is 12.4. The molecule has 1 atom stereocenters. The van der Waals surface area contributed by atoms with Crippen molar-refractivity contribution in [2.75, 3.05) is 20.7 Å². The zero-order valence-corrected chi connectivity index (χ0v) is 16.1. The van der Waals surface area contributed by atoms with Gasteiger partial charge in [-0.25, -0.2) is 4.79 Å². The number of aromatic carboxylic acids is 1. The number of carbonyl (C=O) groups is 2. The molecule has 1 N–H and O–H groups in total. The van der Waals surface area contributed by atoms with Crippen molar-refractivity contribution in [3.8, 4) is 5.75 Å². The number of ether oxygens (including phenoxy) is 1. The van der Waals surface area contributed by atoms with Crippen LogP contribution in [0.5, 0.6) is 5.75 Å². The molecule has 0 saturated heterocycles. The second-order valence-electron chi connectivity index (χ2n) is 6.93. The number of methoxy groups -OCH3 is 1. The number of aryl methyl sites for hydroxylation is 1. The Morgan fingerprint density at radius 2 is 1.63 bits per heavy atom. The van der Waals surface area contributed by atoms with Gasteiger partial charge in [-0.2, -0.15) is 0 Å². The Kier molecular flexibility index (Phi) is 7.41. The Morgan fingerprint density at radius 3 is 2.19 bits per heavy atom. The maximum Gasteiger partial charge on any atom is 0.335 e. The number of amides is 1. The molecular formula is C22H27NO4. The molecule has 0 radical (unpaired) electrons. The van der Waals surface area contributed by atoms with Crippen LogP contribution in [0.1, 0.15) is 34.8 Å². The smallest absolute Gasteiger partial charge is 0.335 e. The lowest BCUT2D eigenvalue weighted by atomic mass is 10.0. The third-order valence-electron chi connectivity index (χ3n) is 4.58. The predicted octanol–water partition coefficient (Wildman–Crippen LogP) is 3.66. The van der Waals surface area contributed by atoms with Crippen LogP contribution in [0.4, 0.5) is 0 Å². The van der Waals surface area contributed by atoms with Crippen molar-refractivity contribution in [2.24, 2.45) is 5.92 Å². The van der Waals surface area contributed by atoms with Gasteiger partial charge in [0, 0.05) is 20.0 Å². The molecule has 0 aromatic heterocycles. The van der Waals surface area contributed by atoms with Gasteiger partial charge in [0.05, 0.1) is 12.7 Å². The van der Waals surface area contributed by atoms with E-state index in [9.17, 15) is 9.59 Å². The molecule has 0 aliphatic rings. The number of benzene rings is 2. The Balaban J connectivity index is 1.79. The Labute approximate surface area is 160 Å². The molecule has 144 valence electrons. The van der Waals surface area contributed by atoms with Gasteiger partial charge in [-0.05, 0) is 54.2 Å². The van der Waals surface area contributed by atoms with E-state index in [1.165, 1.54) is 5.56 Å². The van der Waals surface area contributed by atoms with E-state index in [2.05, 4.69) is 19.1 Å². The maximum absolute atomic E-state index is 12.4. The molecule has 0 aliphatic heterocycles. The zero-order chi connectivity index (χ0) is 19.8. The van der Waals surface area contributed by atoms with Crippen molar-refractivity contribution in [1.82, 2.24) is 4.90 Å². The molecule has 0 aliphatic carbocycles. The quantitative estimate of drug-likeness (QED) is 0.732. The summed E-state index contributed by atoms with van der Waals surface area (Å²) in [5, 5.41) is 8.92. The van der Waals surface area contributed by atoms with Crippen LogP contribution in [0, 0.1) is 5.92 Å². The Bertz CT molecular complexity index is 753. The molecule has 2 rings (SSSR count). The van der Waals surface area contributed by atoms with Gasteiger partial charge in [-0.1, -0.05) is 31.2 Å². The Morgan fingerprint density at radius 1 is 1.04 bits per heavy atom. The van der Waals surface area contributed by atoms with E-state index in [1.807, 2.05) is 19.2 Å². The SMILES string of the molecule is COc1ccc(CC(C)CN(C)C(=O)CCc2ccc(C(=O)O)cc2)cc1. The summed E-state index contributed by atoms with van der Waals surface area (Å²) in [4.78, 5) is 25.0. The van der Waals surface area contributed by atoms with E-state index in [-0.39, 0.29) is 11.5 Å². The summed E-state index contributed by atoms with van der Waals surface area (Å²) in [6, 6.07) is 14.7. The molecular weight excluding hydrogens is 342 g/mol. The first-order chi connectivity index (χ1) is 12.9. The van der Waals surface area contributed by atoms with Crippen LogP contribution >= 0.6 is 0 Å².